The van der Waals surface area contributed by atoms with Gasteiger partial charge in [0.15, 0.2) is 0 Å². The van der Waals surface area contributed by atoms with Crippen molar-refractivity contribution in [2.45, 2.75) is 26.5 Å². The van der Waals surface area contributed by atoms with E-state index in [0.29, 0.717) is 24.0 Å². The fraction of sp³-hybridized carbons (Fsp3) is 0.286. The largest absolute Gasteiger partial charge is 0.488 e. The lowest BCUT2D eigenvalue weighted by Gasteiger charge is -2.07. The number of benzene rings is 1. The molecule has 0 saturated carbocycles. The minimum Gasteiger partial charge on any atom is -0.488 e. The second kappa shape index (κ2) is 6.02. The summed E-state index contributed by atoms with van der Waals surface area (Å²) >= 11 is 3.39. The van der Waals surface area contributed by atoms with Crippen LogP contribution < -0.4 is 4.74 Å². The minimum absolute atomic E-state index is 0.340. The molecule has 1 aromatic carbocycles. The number of rotatable bonds is 5. The predicted molar refractivity (Wildman–Crippen MR) is 76.5 cm³/mol. The fourth-order valence-electron chi connectivity index (χ4n) is 1.60. The molecule has 0 bridgehead atoms. The summed E-state index contributed by atoms with van der Waals surface area (Å²) in [4.78, 5) is 10.6. The molecular formula is C14H15BrN2O2. The first-order valence-electron chi connectivity index (χ1n) is 6.00. The molecule has 0 atom stereocenters. The lowest BCUT2D eigenvalue weighted by atomic mass is 10.2. The first-order chi connectivity index (χ1) is 9.10. The molecule has 1 aromatic heterocycles. The van der Waals surface area contributed by atoms with Crippen LogP contribution in [0.3, 0.4) is 0 Å². The van der Waals surface area contributed by atoms with E-state index in [-0.39, 0.29) is 0 Å². The van der Waals surface area contributed by atoms with Crippen LogP contribution in [0.2, 0.25) is 0 Å². The summed E-state index contributed by atoms with van der Waals surface area (Å²) in [7, 11) is 0. The summed E-state index contributed by atoms with van der Waals surface area (Å²) in [5.41, 5.74) is 1.63. The second-order valence-corrected chi connectivity index (χ2v) is 5.37. The second-order valence-electron chi connectivity index (χ2n) is 4.52. The maximum Gasteiger partial charge on any atom is 0.150 e. The molecule has 0 radical (unpaired) electrons. The molecule has 0 N–H and O–H groups in total. The van der Waals surface area contributed by atoms with E-state index in [2.05, 4.69) is 34.9 Å². The van der Waals surface area contributed by atoms with Gasteiger partial charge in [-0.3, -0.25) is 9.48 Å². The van der Waals surface area contributed by atoms with E-state index in [1.807, 2.05) is 10.9 Å². The van der Waals surface area contributed by atoms with Crippen LogP contribution in [-0.2, 0) is 6.61 Å². The average Bonchev–Trinajstić information content (AvgIpc) is 2.86. The SMILES string of the molecule is CC(C)n1cc(COc2ccc(C=O)cc2Br)cn1. The smallest absolute Gasteiger partial charge is 0.150 e. The first kappa shape index (κ1) is 13.8. The molecule has 5 heteroatoms. The molecule has 2 rings (SSSR count). The van der Waals surface area contributed by atoms with Crippen molar-refractivity contribution < 1.29 is 9.53 Å². The van der Waals surface area contributed by atoms with Crippen molar-refractivity contribution in [3.63, 3.8) is 0 Å². The number of nitrogens with zero attached hydrogens (tertiary/aromatic N) is 2. The Balaban J connectivity index is 2.03. The van der Waals surface area contributed by atoms with Crippen LogP contribution in [0, 0.1) is 0 Å². The maximum atomic E-state index is 10.6. The highest BCUT2D eigenvalue weighted by Gasteiger charge is 2.05. The van der Waals surface area contributed by atoms with Crippen molar-refractivity contribution in [3.05, 3.63) is 46.2 Å². The molecule has 0 amide bonds. The highest BCUT2D eigenvalue weighted by molar-refractivity contribution is 9.10. The maximum absolute atomic E-state index is 10.6. The number of carbonyl (C=O) groups is 1. The molecular weight excluding hydrogens is 308 g/mol. The van der Waals surface area contributed by atoms with Crippen LogP contribution in [0.15, 0.2) is 35.1 Å². The van der Waals surface area contributed by atoms with Crippen LogP contribution in [0.4, 0.5) is 0 Å². The minimum atomic E-state index is 0.340. The fourth-order valence-corrected chi connectivity index (χ4v) is 2.11. The van der Waals surface area contributed by atoms with E-state index in [1.165, 1.54) is 0 Å². The Labute approximate surface area is 120 Å². The third kappa shape index (κ3) is 3.44. The van der Waals surface area contributed by atoms with Gasteiger partial charge in [0, 0.05) is 23.4 Å². The molecule has 1 heterocycles. The summed E-state index contributed by atoms with van der Waals surface area (Å²) < 4.78 is 8.36. The summed E-state index contributed by atoms with van der Waals surface area (Å²) in [6.45, 7) is 4.60. The van der Waals surface area contributed by atoms with Gasteiger partial charge in [-0.1, -0.05) is 0 Å². The summed E-state index contributed by atoms with van der Waals surface area (Å²) in [6.07, 6.45) is 4.58. The highest BCUT2D eigenvalue weighted by Crippen LogP contribution is 2.26. The lowest BCUT2D eigenvalue weighted by molar-refractivity contribution is 0.112. The van der Waals surface area contributed by atoms with Gasteiger partial charge in [-0.2, -0.15) is 5.10 Å². The number of halogens is 1. The van der Waals surface area contributed by atoms with Gasteiger partial charge < -0.3 is 4.74 Å². The predicted octanol–water partition coefficient (Wildman–Crippen LogP) is 3.62. The zero-order chi connectivity index (χ0) is 13.8. The first-order valence-corrected chi connectivity index (χ1v) is 6.80. The summed E-state index contributed by atoms with van der Waals surface area (Å²) in [5, 5.41) is 4.26. The van der Waals surface area contributed by atoms with Crippen LogP contribution in [0.5, 0.6) is 5.75 Å². The van der Waals surface area contributed by atoms with E-state index >= 15 is 0 Å². The lowest BCUT2D eigenvalue weighted by Crippen LogP contribution is -2.00. The molecule has 19 heavy (non-hydrogen) atoms. The highest BCUT2D eigenvalue weighted by atomic mass is 79.9. The Morgan fingerprint density at radius 1 is 1.47 bits per heavy atom. The zero-order valence-electron chi connectivity index (χ0n) is 10.8. The van der Waals surface area contributed by atoms with Crippen LogP contribution in [-0.4, -0.2) is 16.1 Å². The molecule has 0 aliphatic heterocycles. The quantitative estimate of drug-likeness (QED) is 0.790. The molecule has 2 aromatic rings. The van der Waals surface area contributed by atoms with Crippen molar-refractivity contribution in [2.75, 3.05) is 0 Å². The molecule has 0 aliphatic carbocycles. The van der Waals surface area contributed by atoms with Crippen molar-refractivity contribution >= 4 is 22.2 Å². The molecule has 0 saturated heterocycles. The van der Waals surface area contributed by atoms with Gasteiger partial charge in [0.1, 0.15) is 18.6 Å². The normalized spacial score (nSPS) is 10.7. The third-order valence-corrected chi connectivity index (χ3v) is 3.29. The average molecular weight is 323 g/mol. The van der Waals surface area contributed by atoms with Gasteiger partial charge in [-0.05, 0) is 48.0 Å². The van der Waals surface area contributed by atoms with E-state index in [9.17, 15) is 4.79 Å². The molecule has 100 valence electrons. The van der Waals surface area contributed by atoms with Crippen molar-refractivity contribution in [3.8, 4) is 5.75 Å². The topological polar surface area (TPSA) is 44.1 Å². The van der Waals surface area contributed by atoms with Crippen molar-refractivity contribution in [1.82, 2.24) is 9.78 Å². The van der Waals surface area contributed by atoms with E-state index in [0.717, 1.165) is 16.3 Å². The van der Waals surface area contributed by atoms with E-state index < -0.39 is 0 Å². The van der Waals surface area contributed by atoms with Gasteiger partial charge in [0.05, 0.1) is 10.7 Å². The third-order valence-electron chi connectivity index (χ3n) is 2.67. The molecule has 4 nitrogen and oxygen atoms in total. The zero-order valence-corrected chi connectivity index (χ0v) is 12.4. The molecule has 0 aliphatic rings. The number of hydrogen-bond donors (Lipinski definition) is 0. The van der Waals surface area contributed by atoms with Gasteiger partial charge >= 0.3 is 0 Å². The summed E-state index contributed by atoms with van der Waals surface area (Å²) in [5.74, 6) is 0.711. The number of carbonyl (C=O) groups excluding carboxylic acids is 1. The molecule has 0 fully saturated rings. The number of ether oxygens (including phenoxy) is 1. The van der Waals surface area contributed by atoms with Crippen LogP contribution >= 0.6 is 15.9 Å². The Morgan fingerprint density at radius 2 is 2.26 bits per heavy atom. The Hall–Kier alpha value is -1.62. The molecule has 0 spiro atoms. The molecule has 0 unspecified atom stereocenters. The van der Waals surface area contributed by atoms with E-state index in [4.69, 9.17) is 4.74 Å². The van der Waals surface area contributed by atoms with Gasteiger partial charge in [-0.25, -0.2) is 0 Å². The number of aromatic nitrogens is 2. The van der Waals surface area contributed by atoms with Crippen LogP contribution in [0.1, 0.15) is 35.8 Å². The van der Waals surface area contributed by atoms with Crippen molar-refractivity contribution in [2.24, 2.45) is 0 Å². The van der Waals surface area contributed by atoms with Crippen molar-refractivity contribution in [1.29, 1.82) is 0 Å². The summed E-state index contributed by atoms with van der Waals surface area (Å²) in [6, 6.07) is 5.58. The monoisotopic (exact) mass is 322 g/mol. The Kier molecular flexibility index (Phi) is 4.37. The number of hydrogen-bond acceptors (Lipinski definition) is 3. The number of aldehydes is 1. The van der Waals surface area contributed by atoms with Gasteiger partial charge in [0.2, 0.25) is 0 Å². The van der Waals surface area contributed by atoms with E-state index in [1.54, 1.807) is 24.4 Å². The van der Waals surface area contributed by atoms with Crippen LogP contribution in [0.25, 0.3) is 0 Å². The standard InChI is InChI=1S/C14H15BrN2O2/c1-10(2)17-7-12(6-16-17)9-19-14-4-3-11(8-18)5-13(14)15/h3-8,10H,9H2,1-2H3. The Morgan fingerprint density at radius 3 is 2.84 bits per heavy atom. The Bertz CT molecular complexity index is 579. The van der Waals surface area contributed by atoms with Gasteiger partial charge in [-0.15, -0.1) is 0 Å². The van der Waals surface area contributed by atoms with Gasteiger partial charge in [0.25, 0.3) is 0 Å².